The van der Waals surface area contributed by atoms with Crippen molar-refractivity contribution in [2.75, 3.05) is 0 Å². The second-order valence-corrected chi connectivity index (χ2v) is 15.6. The number of hydrogen-bond acceptors (Lipinski definition) is 0. The maximum Gasteiger partial charge on any atom is -1.00 e. The van der Waals surface area contributed by atoms with E-state index in [0.29, 0.717) is 0 Å². The Morgan fingerprint density at radius 3 is 1.67 bits per heavy atom. The van der Waals surface area contributed by atoms with Gasteiger partial charge in [-0.25, -0.2) is 0 Å². The zero-order chi connectivity index (χ0) is 15.8. The van der Waals surface area contributed by atoms with Crippen molar-refractivity contribution in [2.45, 2.75) is 78.6 Å². The summed E-state index contributed by atoms with van der Waals surface area (Å²) in [7, 11) is 0. The van der Waals surface area contributed by atoms with Gasteiger partial charge in [0.1, 0.15) is 0 Å². The van der Waals surface area contributed by atoms with E-state index in [1.807, 2.05) is 6.66 Å². The van der Waals surface area contributed by atoms with Crippen LogP contribution in [0.25, 0.3) is 0 Å². The fourth-order valence-electron chi connectivity index (χ4n) is 3.32. The number of allylic oxidation sites excluding steroid dienone is 8. The minimum absolute atomic E-state index is 0. The molecule has 0 aliphatic heterocycles. The number of rotatable bonds is 9. The molecule has 3 heteroatoms. The molecule has 0 nitrogen and oxygen atoms in total. The Morgan fingerprint density at radius 2 is 1.29 bits per heavy atom. The van der Waals surface area contributed by atoms with Gasteiger partial charge in [0.15, 0.2) is 0 Å². The van der Waals surface area contributed by atoms with Gasteiger partial charge in [0.25, 0.3) is 0 Å². The van der Waals surface area contributed by atoms with E-state index in [2.05, 4.69) is 48.8 Å². The van der Waals surface area contributed by atoms with Crippen LogP contribution in [0.5, 0.6) is 0 Å². The molecular formula is C21H32Cl2Hf. The van der Waals surface area contributed by atoms with Crippen molar-refractivity contribution in [2.24, 2.45) is 0 Å². The Kier molecular flexibility index (Phi) is 13.6. The molecule has 2 rings (SSSR count). The summed E-state index contributed by atoms with van der Waals surface area (Å²) in [6.07, 6.45) is 21.9. The van der Waals surface area contributed by atoms with Gasteiger partial charge in [-0.15, -0.1) is 0 Å². The average molecular weight is 534 g/mol. The Labute approximate surface area is 169 Å². The molecule has 0 aromatic heterocycles. The molecule has 0 atom stereocenters. The second-order valence-electron chi connectivity index (χ2n) is 6.54. The van der Waals surface area contributed by atoms with Crippen LogP contribution in [0.3, 0.4) is 0 Å². The molecule has 0 heterocycles. The number of halogens is 2. The third kappa shape index (κ3) is 7.26. The van der Waals surface area contributed by atoms with Gasteiger partial charge < -0.3 is 24.8 Å². The van der Waals surface area contributed by atoms with E-state index in [1.54, 1.807) is 11.1 Å². The van der Waals surface area contributed by atoms with Crippen LogP contribution in [-0.4, -0.2) is 3.76 Å². The Morgan fingerprint density at radius 1 is 0.833 bits per heavy atom. The molecule has 0 saturated heterocycles. The maximum atomic E-state index is 2.73. The van der Waals surface area contributed by atoms with Crippen LogP contribution in [-0.2, 0) is 21.0 Å². The van der Waals surface area contributed by atoms with Gasteiger partial charge in [-0.3, -0.25) is 0 Å². The molecule has 0 amide bonds. The minimum Gasteiger partial charge on any atom is -1.00 e. The smallest absolute Gasteiger partial charge is 1.00 e. The van der Waals surface area contributed by atoms with Gasteiger partial charge in [0.05, 0.1) is 0 Å². The van der Waals surface area contributed by atoms with Gasteiger partial charge in [-0.1, -0.05) is 0 Å². The second kappa shape index (κ2) is 13.5. The summed E-state index contributed by atoms with van der Waals surface area (Å²) in [5.41, 5.74) is 3.25. The predicted molar refractivity (Wildman–Crippen MR) is 97.0 cm³/mol. The summed E-state index contributed by atoms with van der Waals surface area (Å²) < 4.78 is 6.42. The van der Waals surface area contributed by atoms with Gasteiger partial charge >= 0.3 is 145 Å². The fraction of sp³-hybridized carbons (Fsp3) is 0.571. The Bertz CT molecular complexity index is 492. The summed E-state index contributed by atoms with van der Waals surface area (Å²) in [6, 6.07) is 0. The molecule has 0 radical (unpaired) electrons. The predicted octanol–water partition coefficient (Wildman–Crippen LogP) is 0.633. The van der Waals surface area contributed by atoms with E-state index in [9.17, 15) is 0 Å². The zero-order valence-corrected chi connectivity index (χ0v) is 20.6. The monoisotopic (exact) mass is 534 g/mol. The molecule has 2 aliphatic rings. The topological polar surface area (TPSA) is 0 Å². The van der Waals surface area contributed by atoms with Gasteiger partial charge in [0, 0.05) is 0 Å². The third-order valence-electron chi connectivity index (χ3n) is 4.63. The van der Waals surface area contributed by atoms with Crippen LogP contribution in [0.4, 0.5) is 0 Å². The number of hydrogen-bond donors (Lipinski definition) is 0. The summed E-state index contributed by atoms with van der Waals surface area (Å²) in [6.45, 7) is 6.91. The molecule has 0 unspecified atom stereocenters. The van der Waals surface area contributed by atoms with Gasteiger partial charge in [-0.2, -0.15) is 0 Å². The first kappa shape index (κ1) is 24.3. The molecule has 0 spiro atoms. The van der Waals surface area contributed by atoms with E-state index < -0.39 is 21.0 Å². The van der Waals surface area contributed by atoms with Crippen LogP contribution >= 0.6 is 0 Å². The third-order valence-corrected chi connectivity index (χ3v) is 15.0. The SMILES string of the molecule is CC[CH]=[Hf+2]([C]1=CC(CCCC)=CC1)[C]1=CC(CCCC)=CC1.[Cl-].[Cl-]. The van der Waals surface area contributed by atoms with Crippen molar-refractivity contribution in [1.29, 1.82) is 0 Å². The molecule has 0 N–H and O–H groups in total. The summed E-state index contributed by atoms with van der Waals surface area (Å²) in [5.74, 6) is 0. The summed E-state index contributed by atoms with van der Waals surface area (Å²) in [4.78, 5) is 0. The maximum absolute atomic E-state index is 2.73. The van der Waals surface area contributed by atoms with Crippen LogP contribution in [0.2, 0.25) is 0 Å². The summed E-state index contributed by atoms with van der Waals surface area (Å²) in [5, 5.41) is 0. The van der Waals surface area contributed by atoms with Crippen LogP contribution in [0.1, 0.15) is 78.6 Å². The molecule has 134 valence electrons. The molecule has 0 aromatic rings. The van der Waals surface area contributed by atoms with E-state index >= 15 is 0 Å². The molecule has 24 heavy (non-hydrogen) atoms. The van der Waals surface area contributed by atoms with E-state index in [-0.39, 0.29) is 24.8 Å². The van der Waals surface area contributed by atoms with Crippen LogP contribution in [0.15, 0.2) is 42.1 Å². The minimum atomic E-state index is -1.83. The van der Waals surface area contributed by atoms with Crippen molar-refractivity contribution < 1.29 is 45.8 Å². The normalized spacial score (nSPS) is 15.2. The first-order chi connectivity index (χ1) is 10.8. The van der Waals surface area contributed by atoms with Gasteiger partial charge in [-0.05, 0) is 0 Å². The van der Waals surface area contributed by atoms with Crippen LogP contribution in [0, 0.1) is 0 Å². The van der Waals surface area contributed by atoms with Crippen molar-refractivity contribution in [3.63, 3.8) is 0 Å². The summed E-state index contributed by atoms with van der Waals surface area (Å²) >= 11 is -1.83. The van der Waals surface area contributed by atoms with Crippen molar-refractivity contribution in [3.8, 4) is 0 Å². The molecule has 0 saturated carbocycles. The standard InChI is InChI=1S/2C9H13.C3H6.2ClH.Hf/c2*1-2-3-6-9-7-4-5-8-9;1-3-2;;;/h2*7-8H,2-4,6H2,1H3;1H,3H2,2H3;2*1H;/q;;;;;+2/p-2. The van der Waals surface area contributed by atoms with E-state index in [4.69, 9.17) is 0 Å². The molecule has 0 aromatic carbocycles. The molecule has 2 aliphatic carbocycles. The fourth-order valence-corrected chi connectivity index (χ4v) is 12.9. The number of unbranched alkanes of at least 4 members (excludes halogenated alkanes) is 2. The van der Waals surface area contributed by atoms with Crippen molar-refractivity contribution in [1.82, 2.24) is 0 Å². The zero-order valence-electron chi connectivity index (χ0n) is 15.5. The first-order valence-electron chi connectivity index (χ1n) is 9.28. The quantitative estimate of drug-likeness (QED) is 0.382. The van der Waals surface area contributed by atoms with E-state index in [1.165, 1.54) is 57.8 Å². The largest absolute Gasteiger partial charge is 1.00 e. The molecule has 0 fully saturated rings. The van der Waals surface area contributed by atoms with Gasteiger partial charge in [0.2, 0.25) is 0 Å². The first-order valence-corrected chi connectivity index (χ1v) is 14.9. The van der Waals surface area contributed by atoms with Crippen molar-refractivity contribution in [3.05, 3.63) is 42.1 Å². The average Bonchev–Trinajstić information content (AvgIpc) is 3.18. The molecular weight excluding hydrogens is 502 g/mol. The molecule has 0 bridgehead atoms. The van der Waals surface area contributed by atoms with Crippen LogP contribution < -0.4 is 24.8 Å². The van der Waals surface area contributed by atoms with E-state index in [0.717, 1.165) is 0 Å². The Balaban J connectivity index is 0.00000264. The van der Waals surface area contributed by atoms with Crippen molar-refractivity contribution >= 4 is 3.76 Å². The Hall–Kier alpha value is 0.280.